The SMILES string of the molecule is CCC(C)(N)C(=O)C1CC(C)CC(C)C1. The van der Waals surface area contributed by atoms with E-state index in [-0.39, 0.29) is 11.7 Å². The van der Waals surface area contributed by atoms with Gasteiger partial charge in [0.15, 0.2) is 5.78 Å². The number of Topliss-reactive ketones (excluding diaryl/α,β-unsaturated/α-hetero) is 1. The van der Waals surface area contributed by atoms with Gasteiger partial charge in [-0.1, -0.05) is 20.8 Å². The van der Waals surface area contributed by atoms with Gasteiger partial charge in [-0.05, 0) is 44.4 Å². The minimum Gasteiger partial charge on any atom is -0.319 e. The first-order valence-electron chi connectivity index (χ1n) is 6.20. The topological polar surface area (TPSA) is 43.1 Å². The zero-order chi connectivity index (χ0) is 11.6. The summed E-state index contributed by atoms with van der Waals surface area (Å²) >= 11 is 0. The maximum absolute atomic E-state index is 12.2. The zero-order valence-electron chi connectivity index (χ0n) is 10.5. The Morgan fingerprint density at radius 3 is 2.13 bits per heavy atom. The van der Waals surface area contributed by atoms with E-state index in [1.807, 2.05) is 13.8 Å². The lowest BCUT2D eigenvalue weighted by Crippen LogP contribution is -2.48. The van der Waals surface area contributed by atoms with Gasteiger partial charge in [0.2, 0.25) is 0 Å². The van der Waals surface area contributed by atoms with E-state index in [4.69, 9.17) is 5.73 Å². The zero-order valence-corrected chi connectivity index (χ0v) is 10.5. The number of nitrogens with two attached hydrogens (primary N) is 1. The summed E-state index contributed by atoms with van der Waals surface area (Å²) in [7, 11) is 0. The van der Waals surface area contributed by atoms with Crippen LogP contribution in [0.2, 0.25) is 0 Å². The average molecular weight is 211 g/mol. The van der Waals surface area contributed by atoms with E-state index < -0.39 is 5.54 Å². The highest BCUT2D eigenvalue weighted by molar-refractivity contribution is 5.89. The minimum atomic E-state index is -0.610. The van der Waals surface area contributed by atoms with Crippen LogP contribution >= 0.6 is 0 Å². The Labute approximate surface area is 93.6 Å². The summed E-state index contributed by atoms with van der Waals surface area (Å²) in [5.41, 5.74) is 5.42. The van der Waals surface area contributed by atoms with Crippen molar-refractivity contribution < 1.29 is 4.79 Å². The third-order valence-corrected chi connectivity index (χ3v) is 3.85. The Bertz CT molecular complexity index is 225. The predicted molar refractivity (Wildman–Crippen MR) is 63.6 cm³/mol. The molecule has 2 nitrogen and oxygen atoms in total. The molecule has 1 fully saturated rings. The fourth-order valence-corrected chi connectivity index (χ4v) is 2.80. The van der Waals surface area contributed by atoms with Crippen LogP contribution in [0.3, 0.4) is 0 Å². The average Bonchev–Trinajstić information content (AvgIpc) is 2.15. The molecule has 3 unspecified atom stereocenters. The molecule has 0 bridgehead atoms. The molecule has 88 valence electrons. The van der Waals surface area contributed by atoms with E-state index in [2.05, 4.69) is 13.8 Å². The first-order valence-corrected chi connectivity index (χ1v) is 6.20. The van der Waals surface area contributed by atoms with Gasteiger partial charge in [-0.3, -0.25) is 4.79 Å². The van der Waals surface area contributed by atoms with Crippen LogP contribution < -0.4 is 5.73 Å². The van der Waals surface area contributed by atoms with E-state index in [9.17, 15) is 4.79 Å². The third kappa shape index (κ3) is 3.04. The quantitative estimate of drug-likeness (QED) is 0.780. The fourth-order valence-electron chi connectivity index (χ4n) is 2.80. The van der Waals surface area contributed by atoms with Gasteiger partial charge in [0.1, 0.15) is 0 Å². The molecule has 2 N–H and O–H groups in total. The molecule has 2 heteroatoms. The molecule has 0 aliphatic heterocycles. The number of ketones is 1. The lowest BCUT2D eigenvalue weighted by Gasteiger charge is -2.34. The molecule has 0 aromatic heterocycles. The largest absolute Gasteiger partial charge is 0.319 e. The van der Waals surface area contributed by atoms with Crippen LogP contribution in [-0.4, -0.2) is 11.3 Å². The molecule has 1 aliphatic rings. The van der Waals surface area contributed by atoms with Crippen molar-refractivity contribution in [3.63, 3.8) is 0 Å². The van der Waals surface area contributed by atoms with Crippen molar-refractivity contribution in [2.75, 3.05) is 0 Å². The minimum absolute atomic E-state index is 0.207. The Morgan fingerprint density at radius 2 is 1.73 bits per heavy atom. The van der Waals surface area contributed by atoms with Crippen molar-refractivity contribution in [2.24, 2.45) is 23.5 Å². The van der Waals surface area contributed by atoms with Crippen LogP contribution in [0, 0.1) is 17.8 Å². The number of hydrogen-bond acceptors (Lipinski definition) is 2. The number of carbonyl (C=O) groups is 1. The molecule has 0 heterocycles. The summed E-state index contributed by atoms with van der Waals surface area (Å²) in [5.74, 6) is 1.84. The van der Waals surface area contributed by atoms with Crippen molar-refractivity contribution in [1.82, 2.24) is 0 Å². The molecule has 1 aliphatic carbocycles. The summed E-state index contributed by atoms with van der Waals surface area (Å²) in [6.07, 6.45) is 4.08. The van der Waals surface area contributed by atoms with Crippen LogP contribution in [0.1, 0.15) is 53.4 Å². The molecule has 0 spiro atoms. The van der Waals surface area contributed by atoms with Gasteiger partial charge in [0.25, 0.3) is 0 Å². The maximum Gasteiger partial charge on any atom is 0.155 e. The van der Waals surface area contributed by atoms with Crippen molar-refractivity contribution in [3.8, 4) is 0 Å². The van der Waals surface area contributed by atoms with E-state index >= 15 is 0 Å². The van der Waals surface area contributed by atoms with Gasteiger partial charge in [-0.15, -0.1) is 0 Å². The van der Waals surface area contributed by atoms with E-state index in [1.165, 1.54) is 6.42 Å². The lowest BCUT2D eigenvalue weighted by molar-refractivity contribution is -0.129. The van der Waals surface area contributed by atoms with E-state index in [0.29, 0.717) is 11.8 Å². The molecule has 1 saturated carbocycles. The van der Waals surface area contributed by atoms with Gasteiger partial charge < -0.3 is 5.73 Å². The second-order valence-electron chi connectivity index (χ2n) is 5.75. The number of carbonyl (C=O) groups excluding carboxylic acids is 1. The van der Waals surface area contributed by atoms with Gasteiger partial charge >= 0.3 is 0 Å². The first-order chi connectivity index (χ1) is 6.86. The van der Waals surface area contributed by atoms with Crippen molar-refractivity contribution in [1.29, 1.82) is 0 Å². The van der Waals surface area contributed by atoms with Gasteiger partial charge in [0, 0.05) is 5.92 Å². The molecule has 0 amide bonds. The van der Waals surface area contributed by atoms with Crippen molar-refractivity contribution >= 4 is 5.78 Å². The third-order valence-electron chi connectivity index (χ3n) is 3.85. The summed E-state index contributed by atoms with van der Waals surface area (Å²) in [6, 6.07) is 0. The molecular formula is C13H25NO. The predicted octanol–water partition coefficient (Wildman–Crippen LogP) is 2.76. The van der Waals surface area contributed by atoms with Crippen LogP contribution in [0.25, 0.3) is 0 Å². The standard InChI is InChI=1S/C13H25NO/c1-5-13(4,14)12(15)11-7-9(2)6-10(3)8-11/h9-11H,5-8,14H2,1-4H3. The molecule has 0 saturated heterocycles. The van der Waals surface area contributed by atoms with Crippen molar-refractivity contribution in [2.45, 2.75) is 58.9 Å². The van der Waals surface area contributed by atoms with Crippen molar-refractivity contribution in [3.05, 3.63) is 0 Å². The highest BCUT2D eigenvalue weighted by atomic mass is 16.1. The molecule has 0 aromatic rings. The van der Waals surface area contributed by atoms with Crippen LogP contribution in [-0.2, 0) is 4.79 Å². The van der Waals surface area contributed by atoms with Gasteiger partial charge in [-0.25, -0.2) is 0 Å². The molecule has 0 radical (unpaired) electrons. The Kier molecular flexibility index (Phi) is 3.93. The molecule has 3 atom stereocenters. The highest BCUT2D eigenvalue weighted by Gasteiger charge is 2.36. The summed E-state index contributed by atoms with van der Waals surface area (Å²) in [5, 5.41) is 0. The summed E-state index contributed by atoms with van der Waals surface area (Å²) < 4.78 is 0. The van der Waals surface area contributed by atoms with Gasteiger partial charge in [-0.2, -0.15) is 0 Å². The monoisotopic (exact) mass is 211 g/mol. The number of hydrogen-bond donors (Lipinski definition) is 1. The highest BCUT2D eigenvalue weighted by Crippen LogP contribution is 2.35. The number of rotatable bonds is 3. The van der Waals surface area contributed by atoms with Crippen LogP contribution in [0.4, 0.5) is 0 Å². The van der Waals surface area contributed by atoms with E-state index in [1.54, 1.807) is 0 Å². The maximum atomic E-state index is 12.2. The lowest BCUT2D eigenvalue weighted by atomic mass is 9.71. The summed E-state index contributed by atoms with van der Waals surface area (Å²) in [6.45, 7) is 8.36. The molecule has 15 heavy (non-hydrogen) atoms. The Morgan fingerprint density at radius 1 is 1.27 bits per heavy atom. The fraction of sp³-hybridized carbons (Fsp3) is 0.923. The molecule has 0 aromatic carbocycles. The molecule has 1 rings (SSSR count). The second kappa shape index (κ2) is 4.65. The normalized spacial score (nSPS) is 35.9. The van der Waals surface area contributed by atoms with Gasteiger partial charge in [0.05, 0.1) is 5.54 Å². The summed E-state index contributed by atoms with van der Waals surface area (Å²) in [4.78, 5) is 12.2. The smallest absolute Gasteiger partial charge is 0.155 e. The van der Waals surface area contributed by atoms with Crippen LogP contribution in [0.15, 0.2) is 0 Å². The second-order valence-corrected chi connectivity index (χ2v) is 5.75. The molecular weight excluding hydrogens is 186 g/mol. The Hall–Kier alpha value is -0.370. The Balaban J connectivity index is 2.67. The van der Waals surface area contributed by atoms with E-state index in [0.717, 1.165) is 19.3 Å². The van der Waals surface area contributed by atoms with Crippen LogP contribution in [0.5, 0.6) is 0 Å². The first kappa shape index (κ1) is 12.7.